The van der Waals surface area contributed by atoms with Crippen LogP contribution in [0.3, 0.4) is 0 Å². The Morgan fingerprint density at radius 1 is 1.06 bits per heavy atom. The summed E-state index contributed by atoms with van der Waals surface area (Å²) < 4.78 is 19.1. The zero-order valence-electron chi connectivity index (χ0n) is 19.5. The summed E-state index contributed by atoms with van der Waals surface area (Å²) in [5.74, 6) is -0.259. The van der Waals surface area contributed by atoms with Crippen LogP contribution < -0.4 is 10.1 Å². The quantitative estimate of drug-likeness (QED) is 0.498. The number of halogens is 1. The molecule has 6 rings (SSSR count). The number of carbonyl (C=O) groups excluding carboxylic acids is 1. The molecule has 0 bridgehead atoms. The number of amides is 1. The van der Waals surface area contributed by atoms with Crippen molar-refractivity contribution in [2.45, 2.75) is 32.1 Å². The topological polar surface area (TPSA) is 51.2 Å². The Balaban J connectivity index is 1.33. The molecule has 1 amide bonds. The van der Waals surface area contributed by atoms with Crippen LogP contribution in [0.5, 0.6) is 5.75 Å². The van der Waals surface area contributed by atoms with Crippen LogP contribution in [0.15, 0.2) is 78.0 Å². The molecule has 1 heterocycles. The van der Waals surface area contributed by atoms with Gasteiger partial charge in [-0.1, -0.05) is 42.5 Å². The second kappa shape index (κ2) is 8.66. The van der Waals surface area contributed by atoms with Crippen molar-refractivity contribution in [3.05, 3.63) is 112 Å². The molecule has 0 saturated carbocycles. The lowest BCUT2D eigenvalue weighted by Gasteiger charge is -2.15. The molecule has 3 aliphatic carbocycles. The van der Waals surface area contributed by atoms with Crippen LogP contribution in [-0.2, 0) is 24.1 Å². The molecule has 0 fully saturated rings. The molecule has 2 aromatic carbocycles. The minimum absolute atomic E-state index is 0.253. The van der Waals surface area contributed by atoms with Crippen LogP contribution in [-0.4, -0.2) is 18.0 Å². The number of aromatic nitrogens is 1. The van der Waals surface area contributed by atoms with Gasteiger partial charge in [-0.25, -0.2) is 4.39 Å². The van der Waals surface area contributed by atoms with Crippen LogP contribution in [0, 0.1) is 5.82 Å². The number of nitrogens with zero attached hydrogens (tertiary/aromatic N) is 1. The van der Waals surface area contributed by atoms with Crippen LogP contribution in [0.25, 0.3) is 11.1 Å². The molecule has 0 spiro atoms. The number of allylic oxidation sites excluding steroid dienone is 5. The lowest BCUT2D eigenvalue weighted by Crippen LogP contribution is -2.14. The van der Waals surface area contributed by atoms with Gasteiger partial charge >= 0.3 is 0 Å². The van der Waals surface area contributed by atoms with E-state index in [0.717, 1.165) is 37.0 Å². The summed E-state index contributed by atoms with van der Waals surface area (Å²) in [5, 5.41) is 2.83. The Bertz CT molecular complexity index is 1450. The third-order valence-corrected chi connectivity index (χ3v) is 7.13. The fourth-order valence-corrected chi connectivity index (χ4v) is 5.50. The number of anilines is 1. The first-order valence-electron chi connectivity index (χ1n) is 12.0. The van der Waals surface area contributed by atoms with E-state index >= 15 is 0 Å². The third kappa shape index (κ3) is 3.77. The molecule has 174 valence electrons. The zero-order valence-corrected chi connectivity index (χ0v) is 19.5. The van der Waals surface area contributed by atoms with Gasteiger partial charge in [0.15, 0.2) is 0 Å². The predicted molar refractivity (Wildman–Crippen MR) is 136 cm³/mol. The number of rotatable bonds is 5. The van der Waals surface area contributed by atoms with Gasteiger partial charge in [0.2, 0.25) is 0 Å². The zero-order chi connectivity index (χ0) is 23.9. The van der Waals surface area contributed by atoms with Gasteiger partial charge in [-0.2, -0.15) is 0 Å². The number of fused-ring (bicyclic) bond motifs is 3. The van der Waals surface area contributed by atoms with Gasteiger partial charge < -0.3 is 10.1 Å². The van der Waals surface area contributed by atoms with Crippen molar-refractivity contribution in [1.82, 2.24) is 4.98 Å². The molecule has 0 radical (unpaired) electrons. The van der Waals surface area contributed by atoms with Gasteiger partial charge in [-0.05, 0) is 64.8 Å². The van der Waals surface area contributed by atoms with Gasteiger partial charge in [-0.3, -0.25) is 9.78 Å². The van der Waals surface area contributed by atoms with Gasteiger partial charge in [0, 0.05) is 36.2 Å². The number of hydrogen-bond acceptors (Lipinski definition) is 3. The minimum atomic E-state index is -0.429. The van der Waals surface area contributed by atoms with E-state index in [2.05, 4.69) is 41.9 Å². The number of hydrogen-bond donors (Lipinski definition) is 1. The van der Waals surface area contributed by atoms with Crippen molar-refractivity contribution in [2.75, 3.05) is 12.4 Å². The number of methoxy groups -OCH3 is 1. The van der Waals surface area contributed by atoms with E-state index in [0.29, 0.717) is 23.4 Å². The summed E-state index contributed by atoms with van der Waals surface area (Å²) in [5.41, 5.74) is 10.9. The summed E-state index contributed by atoms with van der Waals surface area (Å²) in [6.07, 6.45) is 10.6. The fraction of sp³-hybridized carbons (Fsp3) is 0.200. The first-order chi connectivity index (χ1) is 17.1. The molecule has 3 aliphatic rings. The molecule has 35 heavy (non-hydrogen) atoms. The van der Waals surface area contributed by atoms with Crippen molar-refractivity contribution in [3.8, 4) is 5.75 Å². The smallest absolute Gasteiger partial charge is 0.252 e. The molecule has 0 saturated heterocycles. The second-order valence-electron chi connectivity index (χ2n) is 9.19. The summed E-state index contributed by atoms with van der Waals surface area (Å²) >= 11 is 0. The van der Waals surface area contributed by atoms with E-state index in [4.69, 9.17) is 9.72 Å². The highest BCUT2D eigenvalue weighted by Crippen LogP contribution is 2.47. The molecular weight excluding hydrogens is 439 g/mol. The lowest BCUT2D eigenvalue weighted by molar-refractivity contribution is -0.112. The van der Waals surface area contributed by atoms with Crippen LogP contribution in [0.1, 0.15) is 40.8 Å². The maximum atomic E-state index is 13.8. The summed E-state index contributed by atoms with van der Waals surface area (Å²) in [6, 6.07) is 14.5. The Hall–Kier alpha value is -3.99. The van der Waals surface area contributed by atoms with E-state index < -0.39 is 5.82 Å². The van der Waals surface area contributed by atoms with Gasteiger partial charge in [0.1, 0.15) is 11.6 Å². The van der Waals surface area contributed by atoms with E-state index in [1.807, 2.05) is 12.1 Å². The predicted octanol–water partition coefficient (Wildman–Crippen LogP) is 6.08. The Morgan fingerprint density at radius 2 is 1.91 bits per heavy atom. The van der Waals surface area contributed by atoms with E-state index in [1.165, 1.54) is 58.7 Å². The van der Waals surface area contributed by atoms with Gasteiger partial charge in [-0.15, -0.1) is 0 Å². The summed E-state index contributed by atoms with van der Waals surface area (Å²) in [6.45, 7) is 0. The molecular formula is C30H25FN2O2. The Kier molecular flexibility index (Phi) is 5.33. The number of carbonyl (C=O) groups is 1. The van der Waals surface area contributed by atoms with Crippen molar-refractivity contribution < 1.29 is 13.9 Å². The highest BCUT2D eigenvalue weighted by molar-refractivity contribution is 6.09. The number of benzene rings is 2. The molecule has 0 atom stereocenters. The Morgan fingerprint density at radius 3 is 2.74 bits per heavy atom. The van der Waals surface area contributed by atoms with Crippen molar-refractivity contribution in [1.29, 1.82) is 0 Å². The standard InChI is InChI=1S/C30H25FN2O2/c1-35-27-13-12-22(31)15-25(27)33-30(34)20-11-10-19(14-20)28-24(18-6-3-2-4-7-18)16-26-29(28)23-9-5-8-21(23)17-32-26/h2-4,6-7,10-13,15,17H,5,8-9,14,16H2,1H3,(H,33,34). The molecule has 4 nitrogen and oxygen atoms in total. The first-order valence-corrected chi connectivity index (χ1v) is 12.0. The minimum Gasteiger partial charge on any atom is -0.495 e. The summed E-state index contributed by atoms with van der Waals surface area (Å²) in [4.78, 5) is 18.0. The first kappa shape index (κ1) is 21.5. The number of ether oxygens (including phenoxy) is 1. The SMILES string of the molecule is COc1ccc(F)cc1NC(=O)C1=CC=C(C2=C(c3ccccc3)Cc3ncc4c(c32)CCC4)C1. The van der Waals surface area contributed by atoms with E-state index in [9.17, 15) is 9.18 Å². The lowest BCUT2D eigenvalue weighted by atomic mass is 9.90. The normalized spacial score (nSPS) is 16.1. The van der Waals surface area contributed by atoms with E-state index in [-0.39, 0.29) is 5.91 Å². The highest BCUT2D eigenvalue weighted by Gasteiger charge is 2.32. The largest absolute Gasteiger partial charge is 0.495 e. The number of pyridine rings is 1. The Labute approximate surface area is 203 Å². The third-order valence-electron chi connectivity index (χ3n) is 7.13. The molecule has 3 aromatic rings. The van der Waals surface area contributed by atoms with Crippen molar-refractivity contribution >= 4 is 22.7 Å². The molecule has 0 unspecified atom stereocenters. The molecule has 0 aliphatic heterocycles. The van der Waals surface area contributed by atoms with Gasteiger partial charge in [0.25, 0.3) is 5.91 Å². The highest BCUT2D eigenvalue weighted by atomic mass is 19.1. The maximum absolute atomic E-state index is 13.8. The number of aryl methyl sites for hydroxylation is 1. The van der Waals surface area contributed by atoms with Crippen molar-refractivity contribution in [3.63, 3.8) is 0 Å². The second-order valence-corrected chi connectivity index (χ2v) is 9.19. The molecule has 1 N–H and O–H groups in total. The van der Waals surface area contributed by atoms with Crippen LogP contribution in [0.2, 0.25) is 0 Å². The fourth-order valence-electron chi connectivity index (χ4n) is 5.50. The molecule has 5 heteroatoms. The van der Waals surface area contributed by atoms with Crippen LogP contribution in [0.4, 0.5) is 10.1 Å². The average molecular weight is 465 g/mol. The maximum Gasteiger partial charge on any atom is 0.252 e. The average Bonchev–Trinajstić information content (AvgIpc) is 3.62. The monoisotopic (exact) mass is 464 g/mol. The van der Waals surface area contributed by atoms with Crippen LogP contribution >= 0.6 is 0 Å². The van der Waals surface area contributed by atoms with E-state index in [1.54, 1.807) is 0 Å². The molecule has 1 aromatic heterocycles. The number of nitrogens with one attached hydrogen (secondary N) is 1. The summed E-state index contributed by atoms with van der Waals surface area (Å²) in [7, 11) is 1.50. The van der Waals surface area contributed by atoms with Crippen molar-refractivity contribution in [2.24, 2.45) is 0 Å². The van der Waals surface area contributed by atoms with Gasteiger partial charge in [0.05, 0.1) is 18.5 Å².